The SMILES string of the molecule is O=C(NCC1=NOCC1)c1cccc(-c2ccccn2)c1. The van der Waals surface area contributed by atoms with Crippen LogP contribution in [0, 0.1) is 0 Å². The maximum absolute atomic E-state index is 12.2. The van der Waals surface area contributed by atoms with Gasteiger partial charge in [-0.2, -0.15) is 0 Å². The number of benzene rings is 1. The topological polar surface area (TPSA) is 63.6 Å². The minimum Gasteiger partial charge on any atom is -0.395 e. The Bertz CT molecular complexity index is 668. The van der Waals surface area contributed by atoms with Gasteiger partial charge in [0, 0.05) is 23.7 Å². The van der Waals surface area contributed by atoms with Gasteiger partial charge in [0.25, 0.3) is 5.91 Å². The van der Waals surface area contributed by atoms with Gasteiger partial charge in [-0.05, 0) is 24.3 Å². The molecule has 0 radical (unpaired) electrons. The van der Waals surface area contributed by atoms with E-state index in [1.807, 2.05) is 36.4 Å². The molecule has 0 spiro atoms. The van der Waals surface area contributed by atoms with E-state index < -0.39 is 0 Å². The Hall–Kier alpha value is -2.69. The van der Waals surface area contributed by atoms with Crippen molar-refractivity contribution in [3.05, 3.63) is 54.2 Å². The van der Waals surface area contributed by atoms with Crippen LogP contribution < -0.4 is 5.32 Å². The third-order valence-electron chi connectivity index (χ3n) is 3.21. The fraction of sp³-hybridized carbons (Fsp3) is 0.188. The fourth-order valence-electron chi connectivity index (χ4n) is 2.10. The number of hydrogen-bond acceptors (Lipinski definition) is 4. The van der Waals surface area contributed by atoms with E-state index in [4.69, 9.17) is 4.84 Å². The van der Waals surface area contributed by atoms with Crippen LogP contribution in [0.25, 0.3) is 11.3 Å². The molecule has 1 aromatic heterocycles. The van der Waals surface area contributed by atoms with Crippen molar-refractivity contribution >= 4 is 11.6 Å². The number of hydrogen-bond donors (Lipinski definition) is 1. The molecule has 21 heavy (non-hydrogen) atoms. The molecular formula is C16H15N3O2. The van der Waals surface area contributed by atoms with Crippen LogP contribution >= 0.6 is 0 Å². The number of carbonyl (C=O) groups is 1. The van der Waals surface area contributed by atoms with Crippen molar-refractivity contribution in [2.24, 2.45) is 5.16 Å². The molecule has 2 heterocycles. The zero-order valence-electron chi connectivity index (χ0n) is 11.5. The maximum atomic E-state index is 12.2. The van der Waals surface area contributed by atoms with Crippen LogP contribution in [0.5, 0.6) is 0 Å². The van der Waals surface area contributed by atoms with Crippen LogP contribution in [0.3, 0.4) is 0 Å². The smallest absolute Gasteiger partial charge is 0.251 e. The van der Waals surface area contributed by atoms with Crippen molar-refractivity contribution in [2.75, 3.05) is 13.2 Å². The number of nitrogens with one attached hydrogen (secondary N) is 1. The molecule has 3 rings (SSSR count). The highest BCUT2D eigenvalue weighted by Gasteiger charge is 2.11. The van der Waals surface area contributed by atoms with Gasteiger partial charge in [-0.1, -0.05) is 23.4 Å². The van der Waals surface area contributed by atoms with Crippen LogP contribution in [0.15, 0.2) is 53.8 Å². The standard InChI is InChI=1S/C16H15N3O2/c20-16(18-11-14-7-9-21-19-14)13-5-3-4-12(10-13)15-6-1-2-8-17-15/h1-6,8,10H,7,9,11H2,(H,18,20). The summed E-state index contributed by atoms with van der Waals surface area (Å²) in [5.41, 5.74) is 3.24. The molecule has 0 saturated carbocycles. The lowest BCUT2D eigenvalue weighted by Crippen LogP contribution is -2.28. The number of rotatable bonds is 4. The number of nitrogens with zero attached hydrogens (tertiary/aromatic N) is 2. The summed E-state index contributed by atoms with van der Waals surface area (Å²) in [6.07, 6.45) is 2.51. The van der Waals surface area contributed by atoms with Crippen molar-refractivity contribution < 1.29 is 9.63 Å². The molecule has 0 atom stereocenters. The Morgan fingerprint density at radius 1 is 1.24 bits per heavy atom. The molecule has 1 N–H and O–H groups in total. The van der Waals surface area contributed by atoms with Gasteiger partial charge in [0.05, 0.1) is 18.0 Å². The summed E-state index contributed by atoms with van der Waals surface area (Å²) in [4.78, 5) is 21.3. The lowest BCUT2D eigenvalue weighted by molar-refractivity contribution is 0.0959. The normalized spacial score (nSPS) is 13.4. The largest absolute Gasteiger partial charge is 0.395 e. The van der Waals surface area contributed by atoms with Gasteiger partial charge >= 0.3 is 0 Å². The second-order valence-corrected chi connectivity index (χ2v) is 4.72. The Labute approximate surface area is 122 Å². The average molecular weight is 281 g/mol. The molecule has 5 heteroatoms. The Morgan fingerprint density at radius 2 is 2.19 bits per heavy atom. The minimum atomic E-state index is -0.123. The zero-order chi connectivity index (χ0) is 14.5. The summed E-state index contributed by atoms with van der Waals surface area (Å²) >= 11 is 0. The van der Waals surface area contributed by atoms with E-state index in [1.54, 1.807) is 12.3 Å². The first-order chi connectivity index (χ1) is 10.3. The molecule has 0 unspecified atom stereocenters. The van der Waals surface area contributed by atoms with E-state index >= 15 is 0 Å². The predicted octanol–water partition coefficient (Wildman–Crippen LogP) is 2.25. The molecule has 1 amide bonds. The first-order valence-corrected chi connectivity index (χ1v) is 6.80. The summed E-state index contributed by atoms with van der Waals surface area (Å²) in [6, 6.07) is 13.1. The van der Waals surface area contributed by atoms with Gasteiger partial charge < -0.3 is 10.2 Å². The summed E-state index contributed by atoms with van der Waals surface area (Å²) in [7, 11) is 0. The van der Waals surface area contributed by atoms with Crippen molar-refractivity contribution in [1.82, 2.24) is 10.3 Å². The lowest BCUT2D eigenvalue weighted by atomic mass is 10.1. The van der Waals surface area contributed by atoms with E-state index in [-0.39, 0.29) is 5.91 Å². The van der Waals surface area contributed by atoms with Gasteiger partial charge in [-0.25, -0.2) is 0 Å². The zero-order valence-corrected chi connectivity index (χ0v) is 11.5. The van der Waals surface area contributed by atoms with Crippen LogP contribution in [0.1, 0.15) is 16.8 Å². The third-order valence-corrected chi connectivity index (χ3v) is 3.21. The molecule has 0 bridgehead atoms. The van der Waals surface area contributed by atoms with E-state index in [0.29, 0.717) is 18.7 Å². The van der Waals surface area contributed by atoms with Crippen molar-refractivity contribution in [2.45, 2.75) is 6.42 Å². The fourth-order valence-corrected chi connectivity index (χ4v) is 2.10. The van der Waals surface area contributed by atoms with Gasteiger partial charge in [-0.15, -0.1) is 0 Å². The van der Waals surface area contributed by atoms with E-state index in [0.717, 1.165) is 23.4 Å². The molecule has 1 aromatic carbocycles. The minimum absolute atomic E-state index is 0.123. The van der Waals surface area contributed by atoms with Crippen molar-refractivity contribution in [3.8, 4) is 11.3 Å². The van der Waals surface area contributed by atoms with Gasteiger partial charge in [0.2, 0.25) is 0 Å². The quantitative estimate of drug-likeness (QED) is 0.935. The van der Waals surface area contributed by atoms with E-state index in [9.17, 15) is 4.79 Å². The summed E-state index contributed by atoms with van der Waals surface area (Å²) in [5.74, 6) is -0.123. The molecule has 106 valence electrons. The predicted molar refractivity (Wildman–Crippen MR) is 80.0 cm³/mol. The second-order valence-electron chi connectivity index (χ2n) is 4.72. The molecule has 2 aromatic rings. The van der Waals surface area contributed by atoms with E-state index in [2.05, 4.69) is 15.5 Å². The highest BCUT2D eigenvalue weighted by molar-refractivity contribution is 5.98. The average Bonchev–Trinajstić information content (AvgIpc) is 3.07. The van der Waals surface area contributed by atoms with Crippen LogP contribution in [0.4, 0.5) is 0 Å². The van der Waals surface area contributed by atoms with Crippen LogP contribution in [-0.4, -0.2) is 29.8 Å². The summed E-state index contributed by atoms with van der Waals surface area (Å²) in [6.45, 7) is 1.02. The molecule has 0 saturated heterocycles. The highest BCUT2D eigenvalue weighted by atomic mass is 16.6. The monoisotopic (exact) mass is 281 g/mol. The first-order valence-electron chi connectivity index (χ1n) is 6.80. The molecule has 5 nitrogen and oxygen atoms in total. The first kappa shape index (κ1) is 13.3. The van der Waals surface area contributed by atoms with Gasteiger partial charge in [-0.3, -0.25) is 9.78 Å². The molecular weight excluding hydrogens is 266 g/mol. The summed E-state index contributed by atoms with van der Waals surface area (Å²) in [5, 5.41) is 6.71. The Kier molecular flexibility index (Phi) is 3.91. The molecule has 0 aliphatic carbocycles. The lowest BCUT2D eigenvalue weighted by Gasteiger charge is -2.06. The highest BCUT2D eigenvalue weighted by Crippen LogP contribution is 2.17. The van der Waals surface area contributed by atoms with Crippen molar-refractivity contribution in [1.29, 1.82) is 0 Å². The molecule has 0 fully saturated rings. The molecule has 1 aliphatic rings. The second kappa shape index (κ2) is 6.17. The van der Waals surface area contributed by atoms with Gasteiger partial charge in [0.15, 0.2) is 0 Å². The van der Waals surface area contributed by atoms with E-state index in [1.165, 1.54) is 0 Å². The number of carbonyl (C=O) groups excluding carboxylic acids is 1. The number of aromatic nitrogens is 1. The summed E-state index contributed by atoms with van der Waals surface area (Å²) < 4.78 is 0. The third kappa shape index (κ3) is 3.25. The van der Waals surface area contributed by atoms with Crippen LogP contribution in [-0.2, 0) is 4.84 Å². The van der Waals surface area contributed by atoms with Crippen molar-refractivity contribution in [3.63, 3.8) is 0 Å². The number of pyridine rings is 1. The Balaban J connectivity index is 1.72. The number of oxime groups is 1. The van der Waals surface area contributed by atoms with Gasteiger partial charge in [0.1, 0.15) is 6.61 Å². The van der Waals surface area contributed by atoms with Crippen LogP contribution in [0.2, 0.25) is 0 Å². The molecule has 1 aliphatic heterocycles. The number of amides is 1. The maximum Gasteiger partial charge on any atom is 0.251 e. The Morgan fingerprint density at radius 3 is 2.95 bits per heavy atom.